The number of hydrogen-bond acceptors (Lipinski definition) is 8. The Morgan fingerprint density at radius 1 is 1.16 bits per heavy atom. The van der Waals surface area contributed by atoms with Crippen LogP contribution in [-0.2, 0) is 16.1 Å². The molecule has 194 valence electrons. The Hall–Kier alpha value is -3.21. The lowest BCUT2D eigenvalue weighted by molar-refractivity contribution is -0.122. The summed E-state index contributed by atoms with van der Waals surface area (Å²) in [5.41, 5.74) is 2.44. The van der Waals surface area contributed by atoms with E-state index in [1.54, 1.807) is 24.3 Å². The van der Waals surface area contributed by atoms with E-state index in [9.17, 15) is 9.59 Å². The second kappa shape index (κ2) is 11.9. The fraction of sp³-hybridized carbons (Fsp3) is 0.333. The molecule has 10 heteroatoms. The Morgan fingerprint density at radius 2 is 1.92 bits per heavy atom. The van der Waals surface area contributed by atoms with E-state index in [1.807, 2.05) is 57.2 Å². The van der Waals surface area contributed by atoms with Crippen molar-refractivity contribution < 1.29 is 14.3 Å². The second-order valence-electron chi connectivity index (χ2n) is 8.93. The number of hydrogen-bond donors (Lipinski definition) is 1. The summed E-state index contributed by atoms with van der Waals surface area (Å²) in [5.74, 6) is 0.930. The second-order valence-corrected chi connectivity index (χ2v) is 10.6. The van der Waals surface area contributed by atoms with E-state index >= 15 is 0 Å². The molecule has 0 aliphatic carbocycles. The van der Waals surface area contributed by atoms with Crippen LogP contribution in [-0.4, -0.2) is 50.9 Å². The standard InChI is InChI=1S/C27H30N4O4S2/c1-17(2)35-13-5-12-28-24-21(25(32)30-15-18(3)6-11-23(30)29-24)14-22-26(33)31(27(36)37-22)16-19-7-9-20(34-4)10-8-19/h6-11,14-15,17,28H,5,12-13,16H2,1-4H3/b22-14-. The zero-order valence-corrected chi connectivity index (χ0v) is 22.9. The van der Waals surface area contributed by atoms with Gasteiger partial charge in [0.15, 0.2) is 0 Å². The summed E-state index contributed by atoms with van der Waals surface area (Å²) >= 11 is 6.70. The number of thioether (sulfide) groups is 1. The van der Waals surface area contributed by atoms with Gasteiger partial charge in [-0.05, 0) is 62.6 Å². The molecule has 1 aromatic carbocycles. The molecule has 1 aliphatic heterocycles. The Bertz CT molecular complexity index is 1400. The minimum Gasteiger partial charge on any atom is -0.497 e. The van der Waals surface area contributed by atoms with Gasteiger partial charge in [0.1, 0.15) is 21.5 Å². The fourth-order valence-electron chi connectivity index (χ4n) is 3.80. The summed E-state index contributed by atoms with van der Waals surface area (Å²) in [6, 6.07) is 11.2. The number of fused-ring (bicyclic) bond motifs is 1. The number of aromatic nitrogens is 2. The number of methoxy groups -OCH3 is 1. The molecule has 0 radical (unpaired) electrons. The third-order valence-electron chi connectivity index (χ3n) is 5.72. The lowest BCUT2D eigenvalue weighted by atomic mass is 10.2. The molecular weight excluding hydrogens is 508 g/mol. The van der Waals surface area contributed by atoms with Gasteiger partial charge >= 0.3 is 0 Å². The van der Waals surface area contributed by atoms with E-state index in [0.29, 0.717) is 46.0 Å². The van der Waals surface area contributed by atoms with Crippen molar-refractivity contribution in [2.45, 2.75) is 39.8 Å². The van der Waals surface area contributed by atoms with E-state index in [-0.39, 0.29) is 17.6 Å². The average molecular weight is 539 g/mol. The van der Waals surface area contributed by atoms with Crippen LogP contribution in [0.2, 0.25) is 0 Å². The molecule has 4 rings (SSSR count). The van der Waals surface area contributed by atoms with Crippen LogP contribution < -0.4 is 15.6 Å². The molecule has 37 heavy (non-hydrogen) atoms. The molecule has 1 aliphatic rings. The summed E-state index contributed by atoms with van der Waals surface area (Å²) in [6.45, 7) is 7.39. The molecule has 0 bridgehead atoms. The maximum Gasteiger partial charge on any atom is 0.267 e. The predicted molar refractivity (Wildman–Crippen MR) is 152 cm³/mol. The molecule has 8 nitrogen and oxygen atoms in total. The van der Waals surface area contributed by atoms with Crippen LogP contribution >= 0.6 is 24.0 Å². The van der Waals surface area contributed by atoms with Gasteiger partial charge in [-0.25, -0.2) is 4.98 Å². The minimum absolute atomic E-state index is 0.155. The quantitative estimate of drug-likeness (QED) is 0.227. The maximum absolute atomic E-state index is 13.5. The van der Waals surface area contributed by atoms with Gasteiger partial charge in [0.05, 0.1) is 30.2 Å². The van der Waals surface area contributed by atoms with E-state index in [1.165, 1.54) is 16.2 Å². The molecule has 1 saturated heterocycles. The molecule has 3 aromatic rings. The summed E-state index contributed by atoms with van der Waals surface area (Å²) < 4.78 is 12.8. The van der Waals surface area contributed by atoms with E-state index < -0.39 is 0 Å². The normalized spacial score (nSPS) is 14.8. The van der Waals surface area contributed by atoms with Crippen molar-refractivity contribution in [1.29, 1.82) is 0 Å². The zero-order chi connectivity index (χ0) is 26.5. The third-order valence-corrected chi connectivity index (χ3v) is 7.10. The lowest BCUT2D eigenvalue weighted by Gasteiger charge is -2.15. The van der Waals surface area contributed by atoms with Gasteiger partial charge in [0.25, 0.3) is 11.5 Å². The van der Waals surface area contributed by atoms with Crippen molar-refractivity contribution >= 4 is 51.7 Å². The van der Waals surface area contributed by atoms with Crippen molar-refractivity contribution in [2.75, 3.05) is 25.6 Å². The number of ether oxygens (including phenoxy) is 2. The number of carbonyl (C=O) groups excluding carboxylic acids is 1. The molecular formula is C27H30N4O4S2. The molecule has 1 fully saturated rings. The third kappa shape index (κ3) is 6.38. The van der Waals surface area contributed by atoms with Crippen LogP contribution in [0.3, 0.4) is 0 Å². The largest absolute Gasteiger partial charge is 0.497 e. The van der Waals surface area contributed by atoms with Crippen molar-refractivity contribution in [2.24, 2.45) is 0 Å². The number of carbonyl (C=O) groups is 1. The van der Waals surface area contributed by atoms with Crippen molar-refractivity contribution in [3.63, 3.8) is 0 Å². The highest BCUT2D eigenvalue weighted by atomic mass is 32.2. The molecule has 1 amide bonds. The molecule has 0 atom stereocenters. The van der Waals surface area contributed by atoms with Crippen molar-refractivity contribution in [3.8, 4) is 5.75 Å². The van der Waals surface area contributed by atoms with E-state index in [4.69, 9.17) is 21.7 Å². The number of nitrogens with zero attached hydrogens (tertiary/aromatic N) is 3. The number of benzene rings is 1. The topological polar surface area (TPSA) is 85.2 Å². The highest BCUT2D eigenvalue weighted by Gasteiger charge is 2.32. The highest BCUT2D eigenvalue weighted by molar-refractivity contribution is 8.26. The number of thiocarbonyl (C=S) groups is 1. The van der Waals surface area contributed by atoms with Gasteiger partial charge in [-0.2, -0.15) is 0 Å². The highest BCUT2D eigenvalue weighted by Crippen LogP contribution is 2.34. The van der Waals surface area contributed by atoms with E-state index in [0.717, 1.165) is 23.3 Å². The summed E-state index contributed by atoms with van der Waals surface area (Å²) in [4.78, 5) is 33.4. The molecule has 0 saturated carbocycles. The zero-order valence-electron chi connectivity index (χ0n) is 21.3. The number of nitrogens with one attached hydrogen (secondary N) is 1. The predicted octanol–water partition coefficient (Wildman–Crippen LogP) is 4.64. The summed E-state index contributed by atoms with van der Waals surface area (Å²) in [7, 11) is 1.61. The van der Waals surface area contributed by atoms with Crippen LogP contribution in [0.1, 0.15) is 37.0 Å². The number of amides is 1. The molecule has 2 aromatic heterocycles. The number of aryl methyl sites for hydroxylation is 1. The Kier molecular flexibility index (Phi) is 8.63. The smallest absolute Gasteiger partial charge is 0.267 e. The molecule has 1 N–H and O–H groups in total. The van der Waals surface area contributed by atoms with Gasteiger partial charge in [-0.15, -0.1) is 0 Å². The lowest BCUT2D eigenvalue weighted by Crippen LogP contribution is -2.27. The van der Waals surface area contributed by atoms with Gasteiger partial charge in [0, 0.05) is 19.3 Å². The van der Waals surface area contributed by atoms with E-state index in [2.05, 4.69) is 10.3 Å². The van der Waals surface area contributed by atoms with Crippen LogP contribution in [0.25, 0.3) is 11.7 Å². The van der Waals surface area contributed by atoms with Gasteiger partial charge < -0.3 is 14.8 Å². The molecule has 3 heterocycles. The van der Waals surface area contributed by atoms with Crippen LogP contribution in [0.4, 0.5) is 5.82 Å². The first kappa shape index (κ1) is 26.8. The molecule has 0 spiro atoms. The van der Waals surface area contributed by atoms with Crippen molar-refractivity contribution in [3.05, 3.63) is 74.5 Å². The van der Waals surface area contributed by atoms with Crippen LogP contribution in [0.5, 0.6) is 5.75 Å². The summed E-state index contributed by atoms with van der Waals surface area (Å²) in [6.07, 6.45) is 4.25. The first-order chi connectivity index (χ1) is 17.8. The average Bonchev–Trinajstić information content (AvgIpc) is 3.14. The van der Waals surface area contributed by atoms with Crippen LogP contribution in [0.15, 0.2) is 52.3 Å². The minimum atomic E-state index is -0.255. The maximum atomic E-state index is 13.5. The fourth-order valence-corrected chi connectivity index (χ4v) is 5.04. The van der Waals surface area contributed by atoms with Crippen LogP contribution in [0, 0.1) is 6.92 Å². The SMILES string of the molecule is COc1ccc(CN2C(=O)/C(=C/c3c(NCCCOC(C)C)nc4ccc(C)cn4c3=O)SC2=S)cc1. The van der Waals surface area contributed by atoms with Crippen molar-refractivity contribution in [1.82, 2.24) is 14.3 Å². The van der Waals surface area contributed by atoms with Gasteiger partial charge in [0.2, 0.25) is 0 Å². The monoisotopic (exact) mass is 538 g/mol. The number of pyridine rings is 1. The first-order valence-electron chi connectivity index (χ1n) is 12.0. The molecule has 0 unspecified atom stereocenters. The van der Waals surface area contributed by atoms with Gasteiger partial charge in [-0.3, -0.25) is 18.9 Å². The Balaban J connectivity index is 1.63. The first-order valence-corrected chi connectivity index (χ1v) is 13.3. The Labute approximate surface area is 225 Å². The summed E-state index contributed by atoms with van der Waals surface area (Å²) in [5, 5.41) is 3.27. The number of rotatable bonds is 10. The number of anilines is 1. The van der Waals surface area contributed by atoms with Gasteiger partial charge in [-0.1, -0.05) is 42.2 Å². The Morgan fingerprint density at radius 3 is 2.62 bits per heavy atom.